The van der Waals surface area contributed by atoms with Crippen LogP contribution in [0.4, 0.5) is 22.7 Å². The fraction of sp³-hybridized carbons (Fsp3) is 0.0667. The van der Waals surface area contributed by atoms with Crippen LogP contribution in [-0.2, 0) is 0 Å². The number of rotatable bonds is 6. The number of aliphatic imine (C=N–C) groups is 1. The van der Waals surface area contributed by atoms with Crippen LogP contribution in [0.1, 0.15) is 22.3 Å². The van der Waals surface area contributed by atoms with Crippen LogP contribution in [0.5, 0.6) is 0 Å². The summed E-state index contributed by atoms with van der Waals surface area (Å²) < 4.78 is 0. The third-order valence-corrected chi connectivity index (χ3v) is 5.46. The van der Waals surface area contributed by atoms with Crippen molar-refractivity contribution in [2.24, 2.45) is 4.99 Å². The van der Waals surface area contributed by atoms with E-state index in [0.717, 1.165) is 33.9 Å². The van der Waals surface area contributed by atoms with Gasteiger partial charge in [0.25, 0.3) is 0 Å². The summed E-state index contributed by atoms with van der Waals surface area (Å²) in [7, 11) is 0. The van der Waals surface area contributed by atoms with E-state index in [1.807, 2.05) is 48.5 Å². The van der Waals surface area contributed by atoms with Gasteiger partial charge in [-0.05, 0) is 67.9 Å². The summed E-state index contributed by atoms with van der Waals surface area (Å²) in [6, 6.07) is 34.8. The summed E-state index contributed by atoms with van der Waals surface area (Å²) in [6.45, 7) is 7.94. The third kappa shape index (κ3) is 5.08. The smallest absolute Gasteiger partial charge is 0.148 e. The van der Waals surface area contributed by atoms with Crippen LogP contribution >= 0.6 is 0 Å². The number of benzene rings is 4. The van der Waals surface area contributed by atoms with E-state index in [2.05, 4.69) is 84.9 Å². The van der Waals surface area contributed by atoms with Crippen LogP contribution in [-0.4, -0.2) is 5.71 Å². The summed E-state index contributed by atoms with van der Waals surface area (Å²) in [5, 5.41) is 9.64. The van der Waals surface area contributed by atoms with Gasteiger partial charge in [0.05, 0.1) is 5.69 Å². The summed E-state index contributed by atoms with van der Waals surface area (Å²) in [6.07, 6.45) is 1.78. The van der Waals surface area contributed by atoms with Crippen LogP contribution in [0.15, 0.2) is 109 Å². The number of aryl methyl sites for hydroxylation is 2. The highest BCUT2D eigenvalue weighted by Gasteiger charge is 2.12. The van der Waals surface area contributed by atoms with E-state index in [0.29, 0.717) is 5.71 Å². The molecule has 0 spiro atoms. The van der Waals surface area contributed by atoms with Crippen LogP contribution in [0, 0.1) is 25.2 Å². The second-order valence-electron chi connectivity index (χ2n) is 7.92. The monoisotopic (exact) mass is 427 g/mol. The Morgan fingerprint density at radius 2 is 1.18 bits per heavy atom. The van der Waals surface area contributed by atoms with Crippen molar-refractivity contribution in [3.63, 3.8) is 0 Å². The van der Waals surface area contributed by atoms with Crippen LogP contribution in [0.25, 0.3) is 6.08 Å². The average molecular weight is 428 g/mol. The van der Waals surface area contributed by atoms with E-state index in [4.69, 9.17) is 0 Å². The van der Waals surface area contributed by atoms with Gasteiger partial charge in [0, 0.05) is 22.6 Å². The van der Waals surface area contributed by atoms with Crippen molar-refractivity contribution in [2.45, 2.75) is 13.8 Å². The molecular weight excluding hydrogens is 402 g/mol. The second kappa shape index (κ2) is 9.80. The van der Waals surface area contributed by atoms with Crippen molar-refractivity contribution in [2.75, 3.05) is 4.90 Å². The molecule has 0 amide bonds. The van der Waals surface area contributed by atoms with Gasteiger partial charge in [-0.1, -0.05) is 72.3 Å². The Labute approximate surface area is 195 Å². The number of hydrogen-bond donors (Lipinski definition) is 0. The van der Waals surface area contributed by atoms with Crippen LogP contribution in [0.3, 0.4) is 0 Å². The highest BCUT2D eigenvalue weighted by Crippen LogP contribution is 2.35. The molecule has 4 rings (SSSR count). The molecule has 0 aliphatic rings. The van der Waals surface area contributed by atoms with Gasteiger partial charge in [-0.15, -0.1) is 0 Å². The Balaban J connectivity index is 1.69. The minimum atomic E-state index is 0.382. The largest absolute Gasteiger partial charge is 0.311 e. The van der Waals surface area contributed by atoms with E-state index < -0.39 is 0 Å². The molecule has 4 aromatic carbocycles. The van der Waals surface area contributed by atoms with Crippen molar-refractivity contribution in [3.8, 4) is 6.07 Å². The van der Waals surface area contributed by atoms with Gasteiger partial charge in [-0.25, -0.2) is 4.99 Å². The van der Waals surface area contributed by atoms with Crippen molar-refractivity contribution >= 4 is 34.5 Å². The lowest BCUT2D eigenvalue weighted by molar-refractivity contribution is 1.27. The molecule has 160 valence electrons. The van der Waals surface area contributed by atoms with Crippen LogP contribution in [0.2, 0.25) is 0 Å². The standard InChI is InChI=1S/C30H25N3/c1-4-24-9-11-25(12-10-24)30(21-31)32-26-13-19-29(20-14-26)33(27-15-5-22(2)6-16-27)28-17-7-23(3)8-18-28/h4-20H,1H2,2-3H3. The second-order valence-corrected chi connectivity index (χ2v) is 7.92. The minimum absolute atomic E-state index is 0.382. The highest BCUT2D eigenvalue weighted by atomic mass is 15.1. The fourth-order valence-electron chi connectivity index (χ4n) is 3.57. The Kier molecular flexibility index (Phi) is 6.48. The SMILES string of the molecule is C=Cc1ccc(C(C#N)=Nc2ccc(N(c3ccc(C)cc3)c3ccc(C)cc3)cc2)cc1. The maximum atomic E-state index is 9.64. The van der Waals surface area contributed by atoms with Gasteiger partial charge in [-0.3, -0.25) is 0 Å². The Bertz CT molecular complexity index is 1260. The Hall–Kier alpha value is -4.42. The fourth-order valence-corrected chi connectivity index (χ4v) is 3.57. The number of nitriles is 1. The van der Waals surface area contributed by atoms with Gasteiger partial charge in [-0.2, -0.15) is 5.26 Å². The molecule has 4 aromatic rings. The van der Waals surface area contributed by atoms with E-state index in [9.17, 15) is 5.26 Å². The first-order chi connectivity index (χ1) is 16.1. The Morgan fingerprint density at radius 1 is 0.727 bits per heavy atom. The molecule has 0 aliphatic heterocycles. The van der Waals surface area contributed by atoms with Gasteiger partial charge >= 0.3 is 0 Å². The van der Waals surface area contributed by atoms with Gasteiger partial charge < -0.3 is 4.90 Å². The molecule has 0 saturated heterocycles. The third-order valence-electron chi connectivity index (χ3n) is 5.46. The topological polar surface area (TPSA) is 39.4 Å². The molecule has 0 N–H and O–H groups in total. The van der Waals surface area contributed by atoms with Crippen molar-refractivity contribution in [1.82, 2.24) is 0 Å². The molecule has 0 heterocycles. The first-order valence-electron chi connectivity index (χ1n) is 10.8. The van der Waals surface area contributed by atoms with E-state index in [-0.39, 0.29) is 0 Å². The molecule has 0 bridgehead atoms. The molecule has 0 aliphatic carbocycles. The zero-order chi connectivity index (χ0) is 23.2. The van der Waals surface area contributed by atoms with E-state index in [1.54, 1.807) is 6.08 Å². The molecule has 0 atom stereocenters. The molecular formula is C30H25N3. The quantitative estimate of drug-likeness (QED) is 0.292. The zero-order valence-electron chi connectivity index (χ0n) is 18.9. The lowest BCUT2D eigenvalue weighted by Gasteiger charge is -2.25. The Morgan fingerprint density at radius 3 is 1.61 bits per heavy atom. The predicted molar refractivity (Wildman–Crippen MR) is 139 cm³/mol. The van der Waals surface area contributed by atoms with Gasteiger partial charge in [0.2, 0.25) is 0 Å². The summed E-state index contributed by atoms with van der Waals surface area (Å²) in [5.74, 6) is 0. The summed E-state index contributed by atoms with van der Waals surface area (Å²) in [5.41, 5.74) is 8.54. The normalized spacial score (nSPS) is 11.0. The van der Waals surface area contributed by atoms with Gasteiger partial charge in [0.1, 0.15) is 11.8 Å². The zero-order valence-corrected chi connectivity index (χ0v) is 18.9. The minimum Gasteiger partial charge on any atom is -0.311 e. The molecule has 0 fully saturated rings. The maximum Gasteiger partial charge on any atom is 0.148 e. The molecule has 33 heavy (non-hydrogen) atoms. The van der Waals surface area contributed by atoms with Crippen molar-refractivity contribution in [1.29, 1.82) is 5.26 Å². The lowest BCUT2D eigenvalue weighted by Crippen LogP contribution is -2.09. The predicted octanol–water partition coefficient (Wildman–Crippen LogP) is 8.06. The lowest BCUT2D eigenvalue weighted by atomic mass is 10.1. The summed E-state index contributed by atoms with van der Waals surface area (Å²) in [4.78, 5) is 6.80. The number of hydrogen-bond acceptors (Lipinski definition) is 3. The molecule has 3 heteroatoms. The molecule has 0 radical (unpaired) electrons. The average Bonchev–Trinajstić information content (AvgIpc) is 2.86. The maximum absolute atomic E-state index is 9.64. The first kappa shape index (κ1) is 21.8. The van der Waals surface area contributed by atoms with E-state index >= 15 is 0 Å². The number of nitrogens with zero attached hydrogens (tertiary/aromatic N) is 3. The van der Waals surface area contributed by atoms with Crippen LogP contribution < -0.4 is 4.90 Å². The highest BCUT2D eigenvalue weighted by molar-refractivity contribution is 6.12. The number of anilines is 3. The molecule has 0 saturated carbocycles. The molecule has 3 nitrogen and oxygen atoms in total. The molecule has 0 unspecified atom stereocenters. The van der Waals surface area contributed by atoms with Crippen molar-refractivity contribution < 1.29 is 0 Å². The van der Waals surface area contributed by atoms with Gasteiger partial charge in [0.15, 0.2) is 0 Å². The van der Waals surface area contributed by atoms with Crippen molar-refractivity contribution in [3.05, 3.63) is 126 Å². The van der Waals surface area contributed by atoms with E-state index in [1.165, 1.54) is 11.1 Å². The first-order valence-corrected chi connectivity index (χ1v) is 10.8. The summed E-state index contributed by atoms with van der Waals surface area (Å²) >= 11 is 0. The molecule has 0 aromatic heterocycles.